The van der Waals surface area contributed by atoms with Crippen LogP contribution in [-0.4, -0.2) is 47.9 Å². The number of benzene rings is 1. The van der Waals surface area contributed by atoms with Crippen LogP contribution in [0.1, 0.15) is 46.1 Å². The zero-order chi connectivity index (χ0) is 20.0. The van der Waals surface area contributed by atoms with Crippen molar-refractivity contribution >= 4 is 11.8 Å². The number of piperidine rings is 1. The van der Waals surface area contributed by atoms with Gasteiger partial charge in [0, 0.05) is 18.0 Å². The van der Waals surface area contributed by atoms with Gasteiger partial charge in [-0.05, 0) is 71.7 Å². The van der Waals surface area contributed by atoms with Gasteiger partial charge in [0.1, 0.15) is 5.82 Å². The van der Waals surface area contributed by atoms with Crippen LogP contribution in [0.5, 0.6) is 0 Å². The van der Waals surface area contributed by atoms with E-state index in [0.29, 0.717) is 18.5 Å². The third-order valence-electron chi connectivity index (χ3n) is 4.98. The number of carbonyl (C=O) groups is 2. The number of hydrogen-bond donors (Lipinski definition) is 2. The van der Waals surface area contributed by atoms with Gasteiger partial charge < -0.3 is 10.6 Å². The molecule has 0 saturated carbocycles. The standard InChI is InChI=1S/C21H32FN3O2/c1-15(19(26)24-21(2,3)4)25-13-10-17(11-14-25)20(27)23-12-9-16-7-5-6-8-18(16)22/h5-8,15,17H,9-14H2,1-4H3,(H,23,27)(H,24,26). The minimum absolute atomic E-state index is 0.0234. The van der Waals surface area contributed by atoms with Gasteiger partial charge in [0.15, 0.2) is 0 Å². The molecular weight excluding hydrogens is 345 g/mol. The van der Waals surface area contributed by atoms with E-state index in [9.17, 15) is 14.0 Å². The summed E-state index contributed by atoms with van der Waals surface area (Å²) in [6.45, 7) is 9.70. The minimum Gasteiger partial charge on any atom is -0.356 e. The Morgan fingerprint density at radius 3 is 2.44 bits per heavy atom. The number of nitrogens with zero attached hydrogens (tertiary/aromatic N) is 1. The molecule has 0 radical (unpaired) electrons. The Hall–Kier alpha value is -1.95. The molecule has 1 saturated heterocycles. The van der Waals surface area contributed by atoms with E-state index >= 15 is 0 Å². The predicted octanol–water partition coefficient (Wildman–Crippen LogP) is 2.50. The van der Waals surface area contributed by atoms with Crippen LogP contribution in [0.4, 0.5) is 4.39 Å². The summed E-state index contributed by atoms with van der Waals surface area (Å²) < 4.78 is 13.6. The molecule has 2 N–H and O–H groups in total. The van der Waals surface area contributed by atoms with E-state index in [-0.39, 0.29) is 35.1 Å². The van der Waals surface area contributed by atoms with E-state index in [1.807, 2.05) is 27.7 Å². The number of rotatable bonds is 6. The van der Waals surface area contributed by atoms with E-state index in [4.69, 9.17) is 0 Å². The van der Waals surface area contributed by atoms with Crippen molar-refractivity contribution in [3.05, 3.63) is 35.6 Å². The molecule has 1 aromatic carbocycles. The summed E-state index contributed by atoms with van der Waals surface area (Å²) in [5.41, 5.74) is 0.369. The van der Waals surface area contributed by atoms with Gasteiger partial charge in [0.2, 0.25) is 11.8 Å². The molecule has 2 rings (SSSR count). The Balaban J connectivity index is 1.74. The normalized spacial score (nSPS) is 17.4. The Morgan fingerprint density at radius 1 is 1.22 bits per heavy atom. The summed E-state index contributed by atoms with van der Waals surface area (Å²) in [6, 6.07) is 6.43. The Kier molecular flexibility index (Phi) is 7.36. The largest absolute Gasteiger partial charge is 0.356 e. The number of hydrogen-bond acceptors (Lipinski definition) is 3. The van der Waals surface area contributed by atoms with E-state index in [1.54, 1.807) is 18.2 Å². The van der Waals surface area contributed by atoms with Crippen LogP contribution in [0.15, 0.2) is 24.3 Å². The van der Waals surface area contributed by atoms with Gasteiger partial charge in [0.05, 0.1) is 6.04 Å². The van der Waals surface area contributed by atoms with Crippen molar-refractivity contribution in [1.29, 1.82) is 0 Å². The second-order valence-corrected chi connectivity index (χ2v) is 8.36. The van der Waals surface area contributed by atoms with Crippen LogP contribution >= 0.6 is 0 Å². The Labute approximate surface area is 161 Å². The van der Waals surface area contributed by atoms with Gasteiger partial charge in [-0.1, -0.05) is 18.2 Å². The molecule has 0 spiro atoms. The Morgan fingerprint density at radius 2 is 1.85 bits per heavy atom. The maximum Gasteiger partial charge on any atom is 0.237 e. The third-order valence-corrected chi connectivity index (χ3v) is 4.98. The van der Waals surface area contributed by atoms with E-state index < -0.39 is 0 Å². The van der Waals surface area contributed by atoms with Gasteiger partial charge in [-0.25, -0.2) is 4.39 Å². The highest BCUT2D eigenvalue weighted by molar-refractivity contribution is 5.82. The summed E-state index contributed by atoms with van der Waals surface area (Å²) in [6.07, 6.45) is 1.96. The van der Waals surface area contributed by atoms with Crippen molar-refractivity contribution in [1.82, 2.24) is 15.5 Å². The first kappa shape index (κ1) is 21.4. The topological polar surface area (TPSA) is 61.4 Å². The molecular formula is C21H32FN3O2. The molecule has 1 unspecified atom stereocenters. The fourth-order valence-electron chi connectivity index (χ4n) is 3.35. The highest BCUT2D eigenvalue weighted by Crippen LogP contribution is 2.19. The van der Waals surface area contributed by atoms with Gasteiger partial charge in [-0.2, -0.15) is 0 Å². The van der Waals surface area contributed by atoms with E-state index in [0.717, 1.165) is 25.9 Å². The molecule has 0 aliphatic carbocycles. The van der Waals surface area contributed by atoms with Crippen LogP contribution in [-0.2, 0) is 16.0 Å². The zero-order valence-electron chi connectivity index (χ0n) is 16.8. The lowest BCUT2D eigenvalue weighted by Gasteiger charge is -2.36. The van der Waals surface area contributed by atoms with Crippen molar-refractivity contribution in [2.24, 2.45) is 5.92 Å². The van der Waals surface area contributed by atoms with Crippen molar-refractivity contribution in [3.8, 4) is 0 Å². The molecule has 0 aromatic heterocycles. The number of carbonyl (C=O) groups excluding carboxylic acids is 2. The lowest BCUT2D eigenvalue weighted by Crippen LogP contribution is -2.53. The number of likely N-dealkylation sites (tertiary alicyclic amines) is 1. The molecule has 1 aliphatic heterocycles. The smallest absolute Gasteiger partial charge is 0.237 e. The fraction of sp³-hybridized carbons (Fsp3) is 0.619. The molecule has 1 aliphatic rings. The van der Waals surface area contributed by atoms with Crippen molar-refractivity contribution < 1.29 is 14.0 Å². The van der Waals surface area contributed by atoms with Crippen molar-refractivity contribution in [3.63, 3.8) is 0 Å². The molecule has 5 nitrogen and oxygen atoms in total. The third kappa shape index (κ3) is 6.61. The molecule has 1 heterocycles. The maximum absolute atomic E-state index is 13.6. The first-order chi connectivity index (χ1) is 12.7. The first-order valence-electron chi connectivity index (χ1n) is 9.74. The van der Waals surface area contributed by atoms with E-state index in [1.165, 1.54) is 6.07 Å². The van der Waals surface area contributed by atoms with Gasteiger partial charge in [0.25, 0.3) is 0 Å². The lowest BCUT2D eigenvalue weighted by molar-refractivity contribution is -0.129. The average molecular weight is 378 g/mol. The monoisotopic (exact) mass is 377 g/mol. The quantitative estimate of drug-likeness (QED) is 0.801. The molecule has 6 heteroatoms. The lowest BCUT2D eigenvalue weighted by atomic mass is 9.94. The predicted molar refractivity (Wildman–Crippen MR) is 105 cm³/mol. The van der Waals surface area contributed by atoms with Crippen LogP contribution in [0.2, 0.25) is 0 Å². The van der Waals surface area contributed by atoms with Gasteiger partial charge in [-0.3, -0.25) is 14.5 Å². The number of amides is 2. The Bertz CT molecular complexity index is 649. The van der Waals surface area contributed by atoms with Crippen LogP contribution in [0.3, 0.4) is 0 Å². The highest BCUT2D eigenvalue weighted by Gasteiger charge is 2.30. The van der Waals surface area contributed by atoms with Crippen LogP contribution in [0, 0.1) is 11.7 Å². The molecule has 150 valence electrons. The molecule has 1 aromatic rings. The molecule has 27 heavy (non-hydrogen) atoms. The first-order valence-corrected chi connectivity index (χ1v) is 9.74. The SMILES string of the molecule is CC(C(=O)NC(C)(C)C)N1CCC(C(=O)NCCc2ccccc2F)CC1. The number of nitrogens with one attached hydrogen (secondary N) is 2. The summed E-state index contributed by atoms with van der Waals surface area (Å²) in [4.78, 5) is 26.8. The highest BCUT2D eigenvalue weighted by atomic mass is 19.1. The van der Waals surface area contributed by atoms with Crippen LogP contribution < -0.4 is 10.6 Å². The summed E-state index contributed by atoms with van der Waals surface area (Å²) in [7, 11) is 0. The van der Waals surface area contributed by atoms with Crippen LogP contribution in [0.25, 0.3) is 0 Å². The average Bonchev–Trinajstić information content (AvgIpc) is 2.61. The van der Waals surface area contributed by atoms with Gasteiger partial charge >= 0.3 is 0 Å². The van der Waals surface area contributed by atoms with Gasteiger partial charge in [-0.15, -0.1) is 0 Å². The summed E-state index contributed by atoms with van der Waals surface area (Å²) in [5.74, 6) is -0.226. The zero-order valence-corrected chi connectivity index (χ0v) is 16.8. The summed E-state index contributed by atoms with van der Waals surface area (Å²) >= 11 is 0. The number of halogens is 1. The molecule has 0 bridgehead atoms. The summed E-state index contributed by atoms with van der Waals surface area (Å²) in [5, 5.41) is 5.93. The second kappa shape index (κ2) is 9.31. The van der Waals surface area contributed by atoms with E-state index in [2.05, 4.69) is 15.5 Å². The second-order valence-electron chi connectivity index (χ2n) is 8.36. The fourth-order valence-corrected chi connectivity index (χ4v) is 3.35. The van der Waals surface area contributed by atoms with Crippen molar-refractivity contribution in [2.45, 2.75) is 58.5 Å². The van der Waals surface area contributed by atoms with Crippen molar-refractivity contribution in [2.75, 3.05) is 19.6 Å². The molecule has 2 amide bonds. The molecule has 1 atom stereocenters. The maximum atomic E-state index is 13.6. The molecule has 1 fully saturated rings. The minimum atomic E-state index is -0.248.